The molecule has 0 atom stereocenters. The van der Waals surface area contributed by atoms with Crippen molar-refractivity contribution >= 4 is 17.5 Å². The van der Waals surface area contributed by atoms with Crippen molar-refractivity contribution in [2.75, 3.05) is 12.9 Å². The van der Waals surface area contributed by atoms with Gasteiger partial charge in [0.05, 0.1) is 5.54 Å². The average Bonchev–Trinajstić information content (AvgIpc) is 2.01. The first-order chi connectivity index (χ1) is 4.95. The molecule has 11 heavy (non-hydrogen) atoms. The molecule has 0 aromatic heterocycles. The monoisotopic (exact) mass is 177 g/mol. The van der Waals surface area contributed by atoms with Crippen LogP contribution >= 0.6 is 11.6 Å². The zero-order valence-corrected chi connectivity index (χ0v) is 8.40. The maximum absolute atomic E-state index is 11.2. The van der Waals surface area contributed by atoms with E-state index in [9.17, 15) is 4.79 Å². The fraction of sp³-hybridized carbons (Fsp3) is 0.875. The lowest BCUT2D eigenvalue weighted by Crippen LogP contribution is -2.46. The Morgan fingerprint density at radius 1 is 1.55 bits per heavy atom. The SMILES string of the molecule is CCC(=O)N(C)C(C)(C)CCl. The first-order valence-corrected chi connectivity index (χ1v) is 4.31. The number of halogens is 1. The van der Waals surface area contributed by atoms with Crippen LogP contribution in [-0.4, -0.2) is 29.3 Å². The highest BCUT2D eigenvalue weighted by atomic mass is 35.5. The largest absolute Gasteiger partial charge is 0.339 e. The van der Waals surface area contributed by atoms with Gasteiger partial charge in [-0.15, -0.1) is 11.6 Å². The summed E-state index contributed by atoms with van der Waals surface area (Å²) in [6.45, 7) is 5.75. The summed E-state index contributed by atoms with van der Waals surface area (Å²) >= 11 is 5.70. The van der Waals surface area contributed by atoms with Crippen molar-refractivity contribution in [3.63, 3.8) is 0 Å². The molecule has 0 bridgehead atoms. The number of carbonyl (C=O) groups is 1. The molecule has 2 nitrogen and oxygen atoms in total. The Bertz CT molecular complexity index is 145. The molecule has 0 aliphatic carbocycles. The molecule has 0 saturated heterocycles. The third-order valence-corrected chi connectivity index (χ3v) is 2.57. The predicted molar refractivity (Wildman–Crippen MR) is 47.9 cm³/mol. The van der Waals surface area contributed by atoms with E-state index in [1.165, 1.54) is 0 Å². The Hall–Kier alpha value is -0.240. The van der Waals surface area contributed by atoms with Gasteiger partial charge < -0.3 is 4.90 Å². The summed E-state index contributed by atoms with van der Waals surface area (Å²) in [5.41, 5.74) is -0.228. The van der Waals surface area contributed by atoms with E-state index in [2.05, 4.69) is 0 Å². The first kappa shape index (κ1) is 10.8. The minimum atomic E-state index is -0.228. The number of alkyl halides is 1. The van der Waals surface area contributed by atoms with Crippen molar-refractivity contribution in [1.29, 1.82) is 0 Å². The van der Waals surface area contributed by atoms with Crippen molar-refractivity contribution in [2.24, 2.45) is 0 Å². The Morgan fingerprint density at radius 3 is 2.27 bits per heavy atom. The fourth-order valence-corrected chi connectivity index (χ4v) is 0.844. The Morgan fingerprint density at radius 2 is 2.00 bits per heavy atom. The fourth-order valence-electron chi connectivity index (χ4n) is 0.664. The van der Waals surface area contributed by atoms with Crippen LogP contribution in [0.4, 0.5) is 0 Å². The van der Waals surface area contributed by atoms with E-state index in [1.54, 1.807) is 11.9 Å². The molecule has 0 aromatic carbocycles. The normalized spacial score (nSPS) is 11.4. The maximum Gasteiger partial charge on any atom is 0.222 e. The van der Waals surface area contributed by atoms with Crippen molar-refractivity contribution in [2.45, 2.75) is 32.7 Å². The van der Waals surface area contributed by atoms with Gasteiger partial charge >= 0.3 is 0 Å². The summed E-state index contributed by atoms with van der Waals surface area (Å²) in [7, 11) is 1.79. The quantitative estimate of drug-likeness (QED) is 0.603. The van der Waals surface area contributed by atoms with Gasteiger partial charge in [-0.1, -0.05) is 6.92 Å². The van der Waals surface area contributed by atoms with Crippen LogP contribution in [0.1, 0.15) is 27.2 Å². The number of amides is 1. The second-order valence-corrected chi connectivity index (χ2v) is 3.52. The van der Waals surface area contributed by atoms with Crippen LogP contribution in [0.3, 0.4) is 0 Å². The lowest BCUT2D eigenvalue weighted by atomic mass is 10.1. The number of nitrogens with zero attached hydrogens (tertiary/aromatic N) is 1. The number of rotatable bonds is 3. The van der Waals surface area contributed by atoms with Crippen LogP contribution in [0.25, 0.3) is 0 Å². The highest BCUT2D eigenvalue weighted by Crippen LogP contribution is 2.14. The highest BCUT2D eigenvalue weighted by molar-refractivity contribution is 6.18. The molecule has 3 heteroatoms. The smallest absolute Gasteiger partial charge is 0.222 e. The number of carbonyl (C=O) groups excluding carboxylic acids is 1. The van der Waals surface area contributed by atoms with Gasteiger partial charge in [0.25, 0.3) is 0 Å². The van der Waals surface area contributed by atoms with Crippen LogP contribution in [0, 0.1) is 0 Å². The number of hydrogen-bond donors (Lipinski definition) is 0. The van der Waals surface area contributed by atoms with Crippen molar-refractivity contribution < 1.29 is 4.79 Å². The van der Waals surface area contributed by atoms with E-state index in [0.717, 1.165) is 0 Å². The van der Waals surface area contributed by atoms with Crippen LogP contribution < -0.4 is 0 Å². The van der Waals surface area contributed by atoms with E-state index in [4.69, 9.17) is 11.6 Å². The molecule has 0 radical (unpaired) electrons. The van der Waals surface area contributed by atoms with Gasteiger partial charge in [-0.3, -0.25) is 4.79 Å². The molecule has 0 spiro atoms. The van der Waals surface area contributed by atoms with Gasteiger partial charge in [0, 0.05) is 19.3 Å². The van der Waals surface area contributed by atoms with Crippen LogP contribution in [0.2, 0.25) is 0 Å². The first-order valence-electron chi connectivity index (χ1n) is 3.78. The summed E-state index contributed by atoms with van der Waals surface area (Å²) in [4.78, 5) is 12.9. The molecule has 0 heterocycles. The lowest BCUT2D eigenvalue weighted by molar-refractivity contribution is -0.133. The molecular formula is C8H16ClNO. The summed E-state index contributed by atoms with van der Waals surface area (Å²) < 4.78 is 0. The van der Waals surface area contributed by atoms with Gasteiger partial charge in [-0.25, -0.2) is 0 Å². The third kappa shape index (κ3) is 2.70. The van der Waals surface area contributed by atoms with Gasteiger partial charge in [0.2, 0.25) is 5.91 Å². The van der Waals surface area contributed by atoms with Crippen LogP contribution in [-0.2, 0) is 4.79 Å². The van der Waals surface area contributed by atoms with Gasteiger partial charge in [0.1, 0.15) is 0 Å². The van der Waals surface area contributed by atoms with E-state index < -0.39 is 0 Å². The molecule has 66 valence electrons. The molecule has 0 aliphatic rings. The third-order valence-electron chi connectivity index (χ3n) is 1.91. The predicted octanol–water partition coefficient (Wildman–Crippen LogP) is 1.87. The van der Waals surface area contributed by atoms with Crippen LogP contribution in [0.15, 0.2) is 0 Å². The van der Waals surface area contributed by atoms with Crippen LogP contribution in [0.5, 0.6) is 0 Å². The Kier molecular flexibility index (Phi) is 3.87. The summed E-state index contributed by atoms with van der Waals surface area (Å²) in [5.74, 6) is 0.602. The van der Waals surface area contributed by atoms with E-state index >= 15 is 0 Å². The zero-order valence-electron chi connectivity index (χ0n) is 7.65. The van der Waals surface area contributed by atoms with Crippen molar-refractivity contribution in [3.05, 3.63) is 0 Å². The van der Waals surface area contributed by atoms with E-state index in [1.807, 2.05) is 20.8 Å². The Labute approximate surface area is 73.5 Å². The lowest BCUT2D eigenvalue weighted by Gasteiger charge is -2.33. The van der Waals surface area contributed by atoms with E-state index in [0.29, 0.717) is 12.3 Å². The molecule has 0 aliphatic heterocycles. The minimum Gasteiger partial charge on any atom is -0.339 e. The van der Waals surface area contributed by atoms with Crippen molar-refractivity contribution in [3.8, 4) is 0 Å². The Balaban J connectivity index is 4.22. The summed E-state index contributed by atoms with van der Waals surface area (Å²) in [5, 5.41) is 0. The molecule has 0 N–H and O–H groups in total. The standard InChI is InChI=1S/C8H16ClNO/c1-5-7(11)10(4)8(2,3)6-9/h5-6H2,1-4H3. The zero-order chi connectivity index (χ0) is 9.07. The molecule has 0 fully saturated rings. The molecular weight excluding hydrogens is 162 g/mol. The van der Waals surface area contributed by atoms with Gasteiger partial charge in [0.15, 0.2) is 0 Å². The second kappa shape index (κ2) is 3.96. The van der Waals surface area contributed by atoms with Crippen molar-refractivity contribution in [1.82, 2.24) is 4.90 Å². The molecule has 0 rings (SSSR count). The topological polar surface area (TPSA) is 20.3 Å². The van der Waals surface area contributed by atoms with Gasteiger partial charge in [-0.05, 0) is 13.8 Å². The molecule has 0 saturated carbocycles. The second-order valence-electron chi connectivity index (χ2n) is 3.25. The molecule has 1 amide bonds. The number of hydrogen-bond acceptors (Lipinski definition) is 1. The van der Waals surface area contributed by atoms with Gasteiger partial charge in [-0.2, -0.15) is 0 Å². The highest BCUT2D eigenvalue weighted by Gasteiger charge is 2.25. The summed E-state index contributed by atoms with van der Waals surface area (Å²) in [6.07, 6.45) is 0.539. The minimum absolute atomic E-state index is 0.135. The molecule has 0 aromatic rings. The molecule has 0 unspecified atom stereocenters. The summed E-state index contributed by atoms with van der Waals surface area (Å²) in [6, 6.07) is 0. The maximum atomic E-state index is 11.2. The average molecular weight is 178 g/mol. The van der Waals surface area contributed by atoms with E-state index in [-0.39, 0.29) is 11.4 Å².